The van der Waals surface area contributed by atoms with E-state index in [1.807, 2.05) is 18.2 Å². The number of para-hydroxylation sites is 2. The Hall–Kier alpha value is -8.93. The summed E-state index contributed by atoms with van der Waals surface area (Å²) in [5.41, 5.74) is 14.1. The van der Waals surface area contributed by atoms with Crippen LogP contribution in [0, 0.1) is 0 Å². The first-order valence-corrected chi connectivity index (χ1v) is 22.4. The maximum Gasteiger partial charge on any atom is 0.238 e. The second kappa shape index (κ2) is 15.4. The van der Waals surface area contributed by atoms with E-state index in [0.717, 1.165) is 82.9 Å². The molecule has 0 atom stereocenters. The lowest BCUT2D eigenvalue weighted by Gasteiger charge is -2.16. The predicted octanol–water partition coefficient (Wildman–Crippen LogP) is 15.6. The van der Waals surface area contributed by atoms with Crippen LogP contribution in [0.15, 0.2) is 237 Å². The third-order valence-electron chi connectivity index (χ3n) is 13.0. The van der Waals surface area contributed by atoms with Crippen molar-refractivity contribution in [2.45, 2.75) is 0 Å². The maximum absolute atomic E-state index is 5.43. The van der Waals surface area contributed by atoms with Crippen molar-refractivity contribution in [3.05, 3.63) is 237 Å². The summed E-state index contributed by atoms with van der Waals surface area (Å²) in [5.74, 6) is 1.76. The van der Waals surface area contributed by atoms with Crippen LogP contribution in [-0.4, -0.2) is 24.1 Å². The molecule has 0 N–H and O–H groups in total. The zero-order valence-corrected chi connectivity index (χ0v) is 35.8. The molecule has 13 aromatic rings. The number of aromatic nitrogens is 5. The normalized spacial score (nSPS) is 11.6. The van der Waals surface area contributed by atoms with E-state index in [1.165, 1.54) is 21.7 Å². The molecular formula is C61H39N5. The molecule has 3 heterocycles. The summed E-state index contributed by atoms with van der Waals surface area (Å²) in [6.45, 7) is 0. The molecule has 0 saturated carbocycles. The third kappa shape index (κ3) is 6.21. The minimum atomic E-state index is 0.551. The number of hydrogen-bond donors (Lipinski definition) is 0. The van der Waals surface area contributed by atoms with E-state index in [4.69, 9.17) is 15.0 Å². The van der Waals surface area contributed by atoms with Crippen molar-refractivity contribution in [3.63, 3.8) is 0 Å². The molecule has 0 radical (unpaired) electrons. The minimum absolute atomic E-state index is 0.551. The molecule has 0 aliphatic heterocycles. The Morgan fingerprint density at radius 3 is 1.33 bits per heavy atom. The summed E-state index contributed by atoms with van der Waals surface area (Å²) in [6.07, 6.45) is 0. The highest BCUT2D eigenvalue weighted by atomic mass is 15.2. The van der Waals surface area contributed by atoms with Gasteiger partial charge in [0.15, 0.2) is 11.6 Å². The summed E-state index contributed by atoms with van der Waals surface area (Å²) in [7, 11) is 0. The van der Waals surface area contributed by atoms with Crippen molar-refractivity contribution >= 4 is 54.4 Å². The summed E-state index contributed by atoms with van der Waals surface area (Å²) >= 11 is 0. The fraction of sp³-hybridized carbons (Fsp3) is 0. The number of rotatable bonds is 7. The molecular weight excluding hydrogens is 803 g/mol. The highest BCUT2D eigenvalue weighted by Crippen LogP contribution is 2.43. The molecule has 0 aliphatic rings. The molecule has 5 nitrogen and oxygen atoms in total. The van der Waals surface area contributed by atoms with Crippen molar-refractivity contribution in [1.29, 1.82) is 0 Å². The van der Waals surface area contributed by atoms with Crippen molar-refractivity contribution in [2.75, 3.05) is 0 Å². The minimum Gasteiger partial charge on any atom is -0.307 e. The Morgan fingerprint density at radius 2 is 0.727 bits per heavy atom. The van der Waals surface area contributed by atoms with Gasteiger partial charge in [-0.2, -0.15) is 9.97 Å². The summed E-state index contributed by atoms with van der Waals surface area (Å²) in [6, 6.07) is 84.1. The molecule has 10 aromatic carbocycles. The van der Waals surface area contributed by atoms with Crippen molar-refractivity contribution in [3.8, 4) is 67.8 Å². The van der Waals surface area contributed by atoms with Crippen LogP contribution in [0.4, 0.5) is 0 Å². The second-order valence-corrected chi connectivity index (χ2v) is 16.8. The standard InChI is InChI=1S/C61H39N5/c1-4-17-40(18-5-1)46-37-47(41-19-6-2-7-20-41)39-48(38-46)65-55-29-14-12-26-51(55)53-35-36-54-52-27-13-15-30-56(52)66(58(54)57(53)65)61-63-59(44-22-8-3-9-23-44)62-60(64-61)45-33-31-43(32-34-45)50-28-16-24-42-21-10-11-25-49(42)50/h1-39H. The van der Waals surface area contributed by atoms with Crippen LogP contribution < -0.4 is 0 Å². The first-order chi connectivity index (χ1) is 32.7. The molecule has 0 fully saturated rings. The number of hydrogen-bond acceptors (Lipinski definition) is 3. The Labute approximate surface area is 381 Å². The highest BCUT2D eigenvalue weighted by molar-refractivity contribution is 6.23. The van der Waals surface area contributed by atoms with Crippen LogP contribution >= 0.6 is 0 Å². The molecule has 0 aliphatic carbocycles. The van der Waals surface area contributed by atoms with Gasteiger partial charge in [0.25, 0.3) is 0 Å². The fourth-order valence-electron chi connectivity index (χ4n) is 9.90. The van der Waals surface area contributed by atoms with Crippen LogP contribution in [0.25, 0.3) is 122 Å². The molecule has 0 unspecified atom stereocenters. The lowest BCUT2D eigenvalue weighted by atomic mass is 9.97. The van der Waals surface area contributed by atoms with Gasteiger partial charge in [0, 0.05) is 38.4 Å². The molecule has 0 spiro atoms. The van der Waals surface area contributed by atoms with Gasteiger partial charge in [-0.05, 0) is 74.5 Å². The van der Waals surface area contributed by atoms with E-state index in [2.05, 4.69) is 228 Å². The van der Waals surface area contributed by atoms with Crippen molar-refractivity contribution in [1.82, 2.24) is 24.1 Å². The third-order valence-corrected chi connectivity index (χ3v) is 13.0. The van der Waals surface area contributed by atoms with Crippen LogP contribution in [0.5, 0.6) is 0 Å². The highest BCUT2D eigenvalue weighted by Gasteiger charge is 2.24. The van der Waals surface area contributed by atoms with Crippen LogP contribution in [0.2, 0.25) is 0 Å². The fourth-order valence-corrected chi connectivity index (χ4v) is 9.90. The molecule has 5 heteroatoms. The second-order valence-electron chi connectivity index (χ2n) is 16.8. The summed E-state index contributed by atoms with van der Waals surface area (Å²) < 4.78 is 4.72. The van der Waals surface area contributed by atoms with Crippen molar-refractivity contribution in [2.24, 2.45) is 0 Å². The monoisotopic (exact) mass is 841 g/mol. The quantitative estimate of drug-likeness (QED) is 0.161. The summed E-state index contributed by atoms with van der Waals surface area (Å²) in [5, 5.41) is 7.00. The largest absolute Gasteiger partial charge is 0.307 e. The van der Waals surface area contributed by atoms with E-state index >= 15 is 0 Å². The average Bonchev–Trinajstić information content (AvgIpc) is 3.92. The maximum atomic E-state index is 5.43. The topological polar surface area (TPSA) is 48.5 Å². The zero-order chi connectivity index (χ0) is 43.6. The van der Waals surface area contributed by atoms with Gasteiger partial charge >= 0.3 is 0 Å². The van der Waals surface area contributed by atoms with E-state index in [0.29, 0.717) is 17.6 Å². The van der Waals surface area contributed by atoms with E-state index < -0.39 is 0 Å². The Balaban J connectivity index is 1.10. The van der Waals surface area contributed by atoms with Gasteiger partial charge < -0.3 is 4.57 Å². The zero-order valence-electron chi connectivity index (χ0n) is 35.8. The number of fused-ring (bicyclic) bond motifs is 8. The van der Waals surface area contributed by atoms with Crippen LogP contribution in [0.3, 0.4) is 0 Å². The average molecular weight is 842 g/mol. The number of nitrogens with zero attached hydrogens (tertiary/aromatic N) is 5. The van der Waals surface area contributed by atoms with Gasteiger partial charge in [-0.1, -0.05) is 206 Å². The molecule has 308 valence electrons. The van der Waals surface area contributed by atoms with Gasteiger partial charge in [0.1, 0.15) is 0 Å². The van der Waals surface area contributed by atoms with Crippen LogP contribution in [-0.2, 0) is 0 Å². The molecule has 0 bridgehead atoms. The van der Waals surface area contributed by atoms with Gasteiger partial charge in [0.2, 0.25) is 5.95 Å². The van der Waals surface area contributed by atoms with Crippen molar-refractivity contribution < 1.29 is 0 Å². The molecule has 0 saturated heterocycles. The van der Waals surface area contributed by atoms with Gasteiger partial charge in [0.05, 0.1) is 22.1 Å². The lowest BCUT2D eigenvalue weighted by Crippen LogP contribution is -2.07. The number of benzene rings is 10. The van der Waals surface area contributed by atoms with Crippen LogP contribution in [0.1, 0.15) is 0 Å². The Kier molecular flexibility index (Phi) is 8.78. The van der Waals surface area contributed by atoms with Gasteiger partial charge in [-0.25, -0.2) is 4.98 Å². The van der Waals surface area contributed by atoms with E-state index in [9.17, 15) is 0 Å². The predicted molar refractivity (Wildman–Crippen MR) is 273 cm³/mol. The Morgan fingerprint density at radius 1 is 0.273 bits per heavy atom. The van der Waals surface area contributed by atoms with Gasteiger partial charge in [-0.3, -0.25) is 4.57 Å². The molecule has 13 rings (SSSR count). The Bertz CT molecular complexity index is 3900. The molecule has 66 heavy (non-hydrogen) atoms. The SMILES string of the molecule is c1ccc(-c2cc(-c3ccccc3)cc(-n3c4ccccc4c4ccc5c6ccccc6n(-c6nc(-c7ccccc7)nc(-c7ccc(-c8cccc9ccccc89)cc7)n6)c5c43)c2)cc1. The molecule has 3 aromatic heterocycles. The molecule has 0 amide bonds. The lowest BCUT2D eigenvalue weighted by molar-refractivity contribution is 0.953. The summed E-state index contributed by atoms with van der Waals surface area (Å²) in [4.78, 5) is 16.0. The van der Waals surface area contributed by atoms with E-state index in [1.54, 1.807) is 0 Å². The first-order valence-electron chi connectivity index (χ1n) is 22.4. The van der Waals surface area contributed by atoms with Gasteiger partial charge in [-0.15, -0.1) is 0 Å². The first kappa shape index (κ1) is 37.6. The van der Waals surface area contributed by atoms with E-state index in [-0.39, 0.29) is 0 Å². The smallest absolute Gasteiger partial charge is 0.238 e.